The average molecular weight is 470 g/mol. The molecule has 6 nitrogen and oxygen atoms in total. The van der Waals surface area contributed by atoms with Crippen LogP contribution in [0.25, 0.3) is 21.6 Å². The highest BCUT2D eigenvalue weighted by Crippen LogP contribution is 2.32. The molecule has 0 aliphatic carbocycles. The van der Waals surface area contributed by atoms with Crippen LogP contribution in [-0.2, 0) is 0 Å². The van der Waals surface area contributed by atoms with Crippen molar-refractivity contribution in [3.05, 3.63) is 34.8 Å². The lowest BCUT2D eigenvalue weighted by molar-refractivity contribution is 0.0745. The van der Waals surface area contributed by atoms with Gasteiger partial charge in [0.25, 0.3) is 5.91 Å². The molecule has 1 amide bonds. The van der Waals surface area contributed by atoms with Crippen LogP contribution in [0.3, 0.4) is 0 Å². The van der Waals surface area contributed by atoms with Crippen LogP contribution in [0.5, 0.6) is 0 Å². The first-order chi connectivity index (χ1) is 13.4. The lowest BCUT2D eigenvalue weighted by Gasteiger charge is -2.22. The Kier molecular flexibility index (Phi) is 7.91. The molecule has 1 aliphatic heterocycles. The fraction of sp³-hybridized carbons (Fsp3) is 0.476. The normalized spacial score (nSPS) is 18.5. The topological polar surface area (TPSA) is 77.0 Å². The van der Waals surface area contributed by atoms with E-state index in [0.717, 1.165) is 28.0 Å². The lowest BCUT2D eigenvalue weighted by Crippen LogP contribution is -2.34. The summed E-state index contributed by atoms with van der Waals surface area (Å²) in [6.07, 6.45) is 2.73. The highest BCUT2D eigenvalue weighted by atomic mass is 35.5. The summed E-state index contributed by atoms with van der Waals surface area (Å²) in [5, 5.41) is 5.34. The van der Waals surface area contributed by atoms with Gasteiger partial charge in [0.05, 0.1) is 27.7 Å². The fourth-order valence-electron chi connectivity index (χ4n) is 4.02. The Balaban J connectivity index is 0.00000160. The number of hydrogen-bond acceptors (Lipinski definition) is 5. The van der Waals surface area contributed by atoms with Gasteiger partial charge in [0.15, 0.2) is 5.65 Å². The summed E-state index contributed by atoms with van der Waals surface area (Å²) in [6, 6.07) is 6.45. The Hall–Kier alpha value is -1.67. The van der Waals surface area contributed by atoms with Crippen molar-refractivity contribution in [2.75, 3.05) is 13.1 Å². The number of rotatable bonds is 4. The number of fused-ring (bicyclic) bond motifs is 1. The summed E-state index contributed by atoms with van der Waals surface area (Å²) >= 11 is 1.69. The van der Waals surface area contributed by atoms with Crippen molar-refractivity contribution in [2.45, 2.75) is 46.2 Å². The van der Waals surface area contributed by atoms with E-state index in [2.05, 4.69) is 44.9 Å². The van der Waals surface area contributed by atoms with Crippen LogP contribution in [0.4, 0.5) is 0 Å². The van der Waals surface area contributed by atoms with Gasteiger partial charge in [0.1, 0.15) is 0 Å². The zero-order valence-corrected chi connectivity index (χ0v) is 20.1. The van der Waals surface area contributed by atoms with Gasteiger partial charge in [-0.3, -0.25) is 4.79 Å². The summed E-state index contributed by atoms with van der Waals surface area (Å²) in [5.74, 6) is 0.419. The molecule has 0 aromatic carbocycles. The SMILES string of the molecule is Cc1ccc(-c2cc(C(=O)N3CC(CN)CC3C)c3cnn(C(C)C)c3n2)s1.Cl.Cl. The summed E-state index contributed by atoms with van der Waals surface area (Å²) in [6.45, 7) is 9.66. The molecule has 1 aliphatic rings. The monoisotopic (exact) mass is 469 g/mol. The van der Waals surface area contributed by atoms with E-state index in [-0.39, 0.29) is 42.8 Å². The van der Waals surface area contributed by atoms with Crippen LogP contribution in [0.2, 0.25) is 0 Å². The van der Waals surface area contributed by atoms with Crippen molar-refractivity contribution < 1.29 is 4.79 Å². The standard InChI is InChI=1S/C21H27N5OS.2ClH/c1-12(2)26-20-17(10-23-26)16(8-18(24-20)19-6-5-14(4)28-19)21(27)25-11-15(9-22)7-13(25)3;;/h5-6,8,10,12-13,15H,7,9,11,22H2,1-4H3;2*1H. The van der Waals surface area contributed by atoms with E-state index >= 15 is 0 Å². The number of thiophene rings is 1. The second-order valence-corrected chi connectivity index (χ2v) is 9.32. The highest BCUT2D eigenvalue weighted by molar-refractivity contribution is 7.15. The second kappa shape index (κ2) is 9.64. The fourth-order valence-corrected chi connectivity index (χ4v) is 4.85. The van der Waals surface area contributed by atoms with E-state index in [1.165, 1.54) is 4.88 Å². The number of pyridine rings is 1. The molecule has 164 valence electrons. The van der Waals surface area contributed by atoms with Crippen molar-refractivity contribution in [1.82, 2.24) is 19.7 Å². The van der Waals surface area contributed by atoms with E-state index < -0.39 is 0 Å². The molecule has 3 aromatic rings. The van der Waals surface area contributed by atoms with Gasteiger partial charge in [0, 0.05) is 23.5 Å². The van der Waals surface area contributed by atoms with Crippen LogP contribution >= 0.6 is 36.2 Å². The number of carbonyl (C=O) groups is 1. The van der Waals surface area contributed by atoms with Crippen LogP contribution in [-0.4, -0.2) is 44.7 Å². The second-order valence-electron chi connectivity index (χ2n) is 8.03. The average Bonchev–Trinajstić information content (AvgIpc) is 3.37. The summed E-state index contributed by atoms with van der Waals surface area (Å²) in [7, 11) is 0. The molecule has 3 aromatic heterocycles. The maximum Gasteiger partial charge on any atom is 0.254 e. The minimum Gasteiger partial charge on any atom is -0.336 e. The van der Waals surface area contributed by atoms with Crippen molar-refractivity contribution in [2.24, 2.45) is 11.7 Å². The van der Waals surface area contributed by atoms with Crippen molar-refractivity contribution >= 4 is 53.1 Å². The predicted octanol–water partition coefficient (Wildman–Crippen LogP) is 4.70. The van der Waals surface area contributed by atoms with Crippen molar-refractivity contribution in [3.8, 4) is 10.6 Å². The Morgan fingerprint density at radius 3 is 2.63 bits per heavy atom. The Morgan fingerprint density at radius 1 is 1.33 bits per heavy atom. The number of halogens is 2. The molecule has 4 heterocycles. The summed E-state index contributed by atoms with van der Waals surface area (Å²) in [4.78, 5) is 22.7. The van der Waals surface area contributed by atoms with Crippen LogP contribution in [0.1, 0.15) is 48.5 Å². The Bertz CT molecular complexity index is 1030. The Morgan fingerprint density at radius 2 is 2.07 bits per heavy atom. The first kappa shape index (κ1) is 24.6. The number of nitrogens with zero attached hydrogens (tertiary/aromatic N) is 4. The zero-order chi connectivity index (χ0) is 20.0. The lowest BCUT2D eigenvalue weighted by atomic mass is 10.1. The van der Waals surface area contributed by atoms with Gasteiger partial charge >= 0.3 is 0 Å². The number of hydrogen-bond donors (Lipinski definition) is 1. The van der Waals surface area contributed by atoms with E-state index in [1.54, 1.807) is 17.5 Å². The van der Waals surface area contributed by atoms with E-state index in [9.17, 15) is 4.79 Å². The maximum atomic E-state index is 13.5. The van der Waals surface area contributed by atoms with Gasteiger partial charge in [-0.25, -0.2) is 9.67 Å². The Labute approximate surface area is 193 Å². The van der Waals surface area contributed by atoms with Gasteiger partial charge in [-0.05, 0) is 64.8 Å². The molecule has 2 unspecified atom stereocenters. The molecular weight excluding hydrogens is 441 g/mol. The zero-order valence-electron chi connectivity index (χ0n) is 17.7. The molecule has 0 bridgehead atoms. The largest absolute Gasteiger partial charge is 0.336 e. The molecule has 1 fully saturated rings. The molecular formula is C21H29Cl2N5OS. The molecule has 9 heteroatoms. The predicted molar refractivity (Wildman–Crippen MR) is 128 cm³/mol. The number of nitrogens with two attached hydrogens (primary N) is 1. The van der Waals surface area contributed by atoms with Crippen LogP contribution < -0.4 is 5.73 Å². The first-order valence-electron chi connectivity index (χ1n) is 9.85. The minimum absolute atomic E-state index is 0. The molecule has 0 spiro atoms. The van der Waals surface area contributed by atoms with Crippen molar-refractivity contribution in [1.29, 1.82) is 0 Å². The van der Waals surface area contributed by atoms with Gasteiger partial charge < -0.3 is 10.6 Å². The van der Waals surface area contributed by atoms with Gasteiger partial charge in [0.2, 0.25) is 0 Å². The quantitative estimate of drug-likeness (QED) is 0.600. The molecule has 2 atom stereocenters. The highest BCUT2D eigenvalue weighted by Gasteiger charge is 2.33. The van der Waals surface area contributed by atoms with Crippen LogP contribution in [0, 0.1) is 12.8 Å². The van der Waals surface area contributed by atoms with E-state index in [0.29, 0.717) is 24.6 Å². The van der Waals surface area contributed by atoms with E-state index in [1.807, 2.05) is 15.6 Å². The van der Waals surface area contributed by atoms with Gasteiger partial charge in [-0.2, -0.15) is 5.10 Å². The smallest absolute Gasteiger partial charge is 0.254 e. The van der Waals surface area contributed by atoms with Gasteiger partial charge in [-0.15, -0.1) is 36.2 Å². The molecule has 2 N–H and O–H groups in total. The van der Waals surface area contributed by atoms with Gasteiger partial charge in [-0.1, -0.05) is 0 Å². The number of likely N-dealkylation sites (tertiary alicyclic amines) is 1. The molecule has 0 radical (unpaired) electrons. The number of carbonyl (C=O) groups excluding carboxylic acids is 1. The summed E-state index contributed by atoms with van der Waals surface area (Å²) in [5.41, 5.74) is 8.15. The summed E-state index contributed by atoms with van der Waals surface area (Å²) < 4.78 is 1.90. The molecule has 30 heavy (non-hydrogen) atoms. The third-order valence-electron chi connectivity index (χ3n) is 5.53. The maximum absolute atomic E-state index is 13.5. The third kappa shape index (κ3) is 4.35. The molecule has 4 rings (SSSR count). The number of aromatic nitrogens is 3. The minimum atomic E-state index is 0. The van der Waals surface area contributed by atoms with Crippen molar-refractivity contribution in [3.63, 3.8) is 0 Å². The third-order valence-corrected chi connectivity index (χ3v) is 6.56. The molecule has 1 saturated heterocycles. The molecule has 0 saturated carbocycles. The number of aryl methyl sites for hydroxylation is 1. The number of amides is 1. The van der Waals surface area contributed by atoms with Crippen LogP contribution in [0.15, 0.2) is 24.4 Å². The van der Waals surface area contributed by atoms with E-state index in [4.69, 9.17) is 10.7 Å². The first-order valence-corrected chi connectivity index (χ1v) is 10.7.